The molecule has 5 heteroatoms. The standard InChI is InChI=1S/C23H23NO4/c1-17-8-13-22(26-2)21(16-17)24-23(25)28-15-14-27-20-11-9-19(10-12-20)18-6-4-3-5-7-18/h3-13,16H,14-15H2,1-2H3,(H,24,25). The first kappa shape index (κ1) is 19.3. The number of carbonyl (C=O) groups is 1. The van der Waals surface area contributed by atoms with E-state index in [0.29, 0.717) is 11.4 Å². The Kier molecular flexibility index (Phi) is 6.52. The van der Waals surface area contributed by atoms with Crippen LogP contribution in [0.1, 0.15) is 5.56 Å². The number of carbonyl (C=O) groups excluding carboxylic acids is 1. The summed E-state index contributed by atoms with van der Waals surface area (Å²) in [4.78, 5) is 12.0. The molecule has 0 aromatic heterocycles. The van der Waals surface area contributed by atoms with Crippen molar-refractivity contribution in [3.8, 4) is 22.6 Å². The van der Waals surface area contributed by atoms with Crippen LogP contribution in [0.15, 0.2) is 72.8 Å². The number of amides is 1. The highest BCUT2D eigenvalue weighted by molar-refractivity contribution is 5.86. The SMILES string of the molecule is COc1ccc(C)cc1NC(=O)OCCOc1ccc(-c2ccccc2)cc1. The van der Waals surface area contributed by atoms with Gasteiger partial charge in [0.15, 0.2) is 0 Å². The van der Waals surface area contributed by atoms with E-state index in [1.165, 1.54) is 0 Å². The summed E-state index contributed by atoms with van der Waals surface area (Å²) in [5.74, 6) is 1.31. The summed E-state index contributed by atoms with van der Waals surface area (Å²) in [6.07, 6.45) is -0.549. The number of rotatable bonds is 7. The van der Waals surface area contributed by atoms with Crippen LogP contribution < -0.4 is 14.8 Å². The third-order valence-corrected chi connectivity index (χ3v) is 4.14. The van der Waals surface area contributed by atoms with E-state index in [0.717, 1.165) is 22.4 Å². The van der Waals surface area contributed by atoms with Crippen molar-refractivity contribution in [1.29, 1.82) is 0 Å². The highest BCUT2D eigenvalue weighted by Gasteiger charge is 2.08. The Morgan fingerprint density at radius 2 is 1.61 bits per heavy atom. The monoisotopic (exact) mass is 377 g/mol. The van der Waals surface area contributed by atoms with Crippen LogP contribution in [0.4, 0.5) is 10.5 Å². The summed E-state index contributed by atoms with van der Waals surface area (Å²) in [6, 6.07) is 23.5. The van der Waals surface area contributed by atoms with Crippen LogP contribution in [-0.2, 0) is 4.74 Å². The van der Waals surface area contributed by atoms with Gasteiger partial charge >= 0.3 is 6.09 Å². The summed E-state index contributed by atoms with van der Waals surface area (Å²) >= 11 is 0. The van der Waals surface area contributed by atoms with Crippen molar-refractivity contribution in [2.24, 2.45) is 0 Å². The highest BCUT2D eigenvalue weighted by atomic mass is 16.6. The van der Waals surface area contributed by atoms with Crippen molar-refractivity contribution >= 4 is 11.8 Å². The minimum Gasteiger partial charge on any atom is -0.495 e. The van der Waals surface area contributed by atoms with E-state index in [1.807, 2.05) is 61.5 Å². The van der Waals surface area contributed by atoms with Gasteiger partial charge in [-0.1, -0.05) is 48.5 Å². The van der Waals surface area contributed by atoms with Gasteiger partial charge in [-0.2, -0.15) is 0 Å². The number of aryl methyl sites for hydroxylation is 1. The molecule has 0 aliphatic rings. The maximum atomic E-state index is 12.0. The lowest BCUT2D eigenvalue weighted by Gasteiger charge is -2.12. The van der Waals surface area contributed by atoms with E-state index in [4.69, 9.17) is 14.2 Å². The van der Waals surface area contributed by atoms with E-state index >= 15 is 0 Å². The molecule has 0 atom stereocenters. The van der Waals surface area contributed by atoms with Gasteiger partial charge in [-0.3, -0.25) is 5.32 Å². The second kappa shape index (κ2) is 9.46. The average Bonchev–Trinajstić information content (AvgIpc) is 2.72. The van der Waals surface area contributed by atoms with Crippen molar-refractivity contribution < 1.29 is 19.0 Å². The maximum absolute atomic E-state index is 12.0. The van der Waals surface area contributed by atoms with Crippen molar-refractivity contribution in [3.05, 3.63) is 78.4 Å². The first-order chi connectivity index (χ1) is 13.7. The lowest BCUT2D eigenvalue weighted by atomic mass is 10.1. The highest BCUT2D eigenvalue weighted by Crippen LogP contribution is 2.25. The molecule has 0 bridgehead atoms. The number of ether oxygens (including phenoxy) is 3. The fraction of sp³-hybridized carbons (Fsp3) is 0.174. The van der Waals surface area contributed by atoms with Crippen LogP contribution in [0.5, 0.6) is 11.5 Å². The summed E-state index contributed by atoms with van der Waals surface area (Å²) in [6.45, 7) is 2.34. The van der Waals surface area contributed by atoms with Crippen LogP contribution in [0.2, 0.25) is 0 Å². The molecule has 144 valence electrons. The summed E-state index contributed by atoms with van der Waals surface area (Å²) in [5.41, 5.74) is 3.86. The zero-order chi connectivity index (χ0) is 19.8. The maximum Gasteiger partial charge on any atom is 0.411 e. The second-order valence-corrected chi connectivity index (χ2v) is 6.20. The summed E-state index contributed by atoms with van der Waals surface area (Å²) < 4.78 is 16.0. The van der Waals surface area contributed by atoms with Gasteiger partial charge < -0.3 is 14.2 Å². The number of hydrogen-bond donors (Lipinski definition) is 1. The fourth-order valence-electron chi connectivity index (χ4n) is 2.73. The summed E-state index contributed by atoms with van der Waals surface area (Å²) in [7, 11) is 1.55. The molecule has 0 spiro atoms. The normalized spacial score (nSPS) is 10.2. The molecule has 0 aliphatic carbocycles. The van der Waals surface area contributed by atoms with Gasteiger partial charge in [0.05, 0.1) is 12.8 Å². The Labute approximate surface area is 164 Å². The fourth-order valence-corrected chi connectivity index (χ4v) is 2.73. The van der Waals surface area contributed by atoms with Gasteiger partial charge in [-0.25, -0.2) is 4.79 Å². The third-order valence-electron chi connectivity index (χ3n) is 4.14. The van der Waals surface area contributed by atoms with Gasteiger partial charge in [0, 0.05) is 0 Å². The number of nitrogens with one attached hydrogen (secondary N) is 1. The Balaban J connectivity index is 1.44. The molecule has 3 aromatic carbocycles. The van der Waals surface area contributed by atoms with Crippen molar-refractivity contribution in [3.63, 3.8) is 0 Å². The summed E-state index contributed by atoms with van der Waals surface area (Å²) in [5, 5.41) is 2.68. The Morgan fingerprint density at radius 3 is 2.32 bits per heavy atom. The van der Waals surface area contributed by atoms with E-state index in [9.17, 15) is 4.79 Å². The minimum absolute atomic E-state index is 0.139. The molecule has 3 rings (SSSR count). The van der Waals surface area contributed by atoms with Crippen LogP contribution >= 0.6 is 0 Å². The predicted octanol–water partition coefficient (Wildman–Crippen LogP) is 5.30. The van der Waals surface area contributed by atoms with Crippen molar-refractivity contribution in [2.45, 2.75) is 6.92 Å². The second-order valence-electron chi connectivity index (χ2n) is 6.20. The molecule has 28 heavy (non-hydrogen) atoms. The molecule has 0 saturated heterocycles. The van der Waals surface area contributed by atoms with E-state index in [2.05, 4.69) is 17.4 Å². The lowest BCUT2D eigenvalue weighted by molar-refractivity contribution is 0.137. The van der Waals surface area contributed by atoms with Crippen LogP contribution in [0.3, 0.4) is 0 Å². The molecule has 1 N–H and O–H groups in total. The average molecular weight is 377 g/mol. The van der Waals surface area contributed by atoms with Crippen molar-refractivity contribution in [1.82, 2.24) is 0 Å². The molecule has 0 fully saturated rings. The predicted molar refractivity (Wildman–Crippen MR) is 110 cm³/mol. The molecule has 5 nitrogen and oxygen atoms in total. The minimum atomic E-state index is -0.549. The van der Waals surface area contributed by atoms with Gasteiger partial charge in [0.25, 0.3) is 0 Å². The van der Waals surface area contributed by atoms with Crippen LogP contribution in [0.25, 0.3) is 11.1 Å². The topological polar surface area (TPSA) is 56.8 Å². The largest absolute Gasteiger partial charge is 0.495 e. The van der Waals surface area contributed by atoms with E-state index < -0.39 is 6.09 Å². The number of anilines is 1. The first-order valence-corrected chi connectivity index (χ1v) is 9.02. The van der Waals surface area contributed by atoms with Gasteiger partial charge in [-0.15, -0.1) is 0 Å². The molecule has 0 radical (unpaired) electrons. The first-order valence-electron chi connectivity index (χ1n) is 9.02. The van der Waals surface area contributed by atoms with E-state index in [1.54, 1.807) is 13.2 Å². The molecule has 0 unspecified atom stereocenters. The van der Waals surface area contributed by atoms with Crippen LogP contribution in [-0.4, -0.2) is 26.4 Å². The lowest BCUT2D eigenvalue weighted by Crippen LogP contribution is -2.18. The Bertz CT molecular complexity index is 908. The quantitative estimate of drug-likeness (QED) is 0.568. The molecule has 0 saturated carbocycles. The van der Waals surface area contributed by atoms with Crippen molar-refractivity contribution in [2.75, 3.05) is 25.6 Å². The van der Waals surface area contributed by atoms with Gasteiger partial charge in [-0.05, 0) is 47.9 Å². The third kappa shape index (κ3) is 5.27. The van der Waals surface area contributed by atoms with Gasteiger partial charge in [0.1, 0.15) is 24.7 Å². The molecular formula is C23H23NO4. The zero-order valence-corrected chi connectivity index (χ0v) is 16.0. The number of hydrogen-bond acceptors (Lipinski definition) is 4. The number of benzene rings is 3. The molecule has 1 amide bonds. The molecule has 0 aliphatic heterocycles. The van der Waals surface area contributed by atoms with Gasteiger partial charge in [0.2, 0.25) is 0 Å². The molecule has 3 aromatic rings. The van der Waals surface area contributed by atoms with Crippen LogP contribution in [0, 0.1) is 6.92 Å². The smallest absolute Gasteiger partial charge is 0.411 e. The van der Waals surface area contributed by atoms with E-state index in [-0.39, 0.29) is 13.2 Å². The number of methoxy groups -OCH3 is 1. The Hall–Kier alpha value is -3.47. The Morgan fingerprint density at radius 1 is 0.893 bits per heavy atom. The molecular weight excluding hydrogens is 354 g/mol. The zero-order valence-electron chi connectivity index (χ0n) is 16.0. The molecule has 0 heterocycles.